The van der Waals surface area contributed by atoms with Crippen molar-refractivity contribution in [3.8, 4) is 0 Å². The van der Waals surface area contributed by atoms with Crippen LogP contribution in [0.15, 0.2) is 57.8 Å². The number of hydrogen-bond acceptors (Lipinski definition) is 7. The fourth-order valence-corrected chi connectivity index (χ4v) is 5.08. The van der Waals surface area contributed by atoms with E-state index >= 15 is 0 Å². The lowest BCUT2D eigenvalue weighted by atomic mass is 10.1. The molecule has 0 spiro atoms. The summed E-state index contributed by atoms with van der Waals surface area (Å²) in [7, 11) is -3.43. The van der Waals surface area contributed by atoms with Gasteiger partial charge in [0.25, 0.3) is 10.0 Å². The molecular formula is C18H14N2O5S2. The number of anilines is 1. The fourth-order valence-electron chi connectivity index (χ4n) is 2.78. The fraction of sp³-hybridized carbons (Fsp3) is 0.167. The largest absolute Gasteiger partial charge is 0.454 e. The number of ketones is 1. The first-order valence-corrected chi connectivity index (χ1v) is 10.5. The molecule has 0 atom stereocenters. The standard InChI is InChI=1S/C18H14N2O5S2/c21-15(12-4-2-1-3-5-12)11-25-17(22)13-6-7-14-16(10-13)26-18-19-27(23,24)9-8-20(14)18/h1-7,10H,8-9,11H2. The summed E-state index contributed by atoms with van der Waals surface area (Å²) < 4.78 is 32.2. The van der Waals surface area contributed by atoms with Gasteiger partial charge in [0, 0.05) is 17.0 Å². The summed E-state index contributed by atoms with van der Waals surface area (Å²) in [6.45, 7) is -0.0132. The number of carbonyl (C=O) groups excluding carboxylic acids is 2. The van der Waals surface area contributed by atoms with Crippen molar-refractivity contribution in [2.24, 2.45) is 4.40 Å². The second-order valence-electron chi connectivity index (χ2n) is 5.96. The SMILES string of the molecule is O=C(COC(=O)c1ccc2c(c1)SC1=NS(=O)(=O)CCN12)c1ccccc1. The van der Waals surface area contributed by atoms with Crippen LogP contribution in [-0.2, 0) is 14.8 Å². The molecule has 9 heteroatoms. The maximum atomic E-state index is 12.3. The van der Waals surface area contributed by atoms with Crippen molar-refractivity contribution in [3.05, 3.63) is 59.7 Å². The number of thioether (sulfide) groups is 1. The number of fused-ring (bicyclic) bond motifs is 3. The Morgan fingerprint density at radius 1 is 1.11 bits per heavy atom. The van der Waals surface area contributed by atoms with Crippen molar-refractivity contribution in [1.29, 1.82) is 0 Å². The van der Waals surface area contributed by atoms with Crippen LogP contribution in [0.1, 0.15) is 20.7 Å². The first-order valence-electron chi connectivity index (χ1n) is 8.10. The molecule has 0 bridgehead atoms. The Kier molecular flexibility index (Phi) is 4.48. The predicted molar refractivity (Wildman–Crippen MR) is 102 cm³/mol. The van der Waals surface area contributed by atoms with E-state index < -0.39 is 16.0 Å². The van der Waals surface area contributed by atoms with E-state index in [2.05, 4.69) is 4.40 Å². The van der Waals surface area contributed by atoms with E-state index in [4.69, 9.17) is 4.74 Å². The molecule has 0 radical (unpaired) electrons. The van der Waals surface area contributed by atoms with E-state index in [0.717, 1.165) is 10.6 Å². The second-order valence-corrected chi connectivity index (χ2v) is 8.73. The lowest BCUT2D eigenvalue weighted by molar-refractivity contribution is 0.0474. The van der Waals surface area contributed by atoms with Crippen molar-refractivity contribution in [3.63, 3.8) is 0 Å². The van der Waals surface area contributed by atoms with Gasteiger partial charge in [0.15, 0.2) is 17.6 Å². The maximum absolute atomic E-state index is 12.3. The summed E-state index contributed by atoms with van der Waals surface area (Å²) >= 11 is 1.20. The van der Waals surface area contributed by atoms with Crippen LogP contribution in [0.5, 0.6) is 0 Å². The molecule has 4 rings (SSSR count). The minimum atomic E-state index is -3.43. The van der Waals surface area contributed by atoms with Gasteiger partial charge < -0.3 is 9.64 Å². The van der Waals surface area contributed by atoms with E-state index in [0.29, 0.717) is 22.8 Å². The Balaban J connectivity index is 1.47. The molecule has 2 heterocycles. The summed E-state index contributed by atoms with van der Waals surface area (Å²) in [6, 6.07) is 13.6. The van der Waals surface area contributed by atoms with Crippen LogP contribution in [0, 0.1) is 0 Å². The minimum Gasteiger partial charge on any atom is -0.454 e. The van der Waals surface area contributed by atoms with Crippen LogP contribution in [0.25, 0.3) is 0 Å². The monoisotopic (exact) mass is 402 g/mol. The van der Waals surface area contributed by atoms with Crippen LogP contribution in [-0.4, -0.2) is 44.2 Å². The zero-order chi connectivity index (χ0) is 19.0. The van der Waals surface area contributed by atoms with Crippen molar-refractivity contribution in [2.45, 2.75) is 4.90 Å². The molecular weight excluding hydrogens is 388 g/mol. The third-order valence-corrected chi connectivity index (χ3v) is 6.44. The predicted octanol–water partition coefficient (Wildman–Crippen LogP) is 2.34. The molecule has 2 aliphatic heterocycles. The maximum Gasteiger partial charge on any atom is 0.338 e. The van der Waals surface area contributed by atoms with E-state index in [-0.39, 0.29) is 18.1 Å². The third-order valence-electron chi connectivity index (χ3n) is 4.14. The molecule has 0 saturated carbocycles. The topological polar surface area (TPSA) is 93.1 Å². The Hall–Kier alpha value is -2.65. The number of amidine groups is 1. The van der Waals surface area contributed by atoms with Gasteiger partial charge in [-0.25, -0.2) is 13.2 Å². The highest BCUT2D eigenvalue weighted by atomic mass is 32.2. The van der Waals surface area contributed by atoms with Crippen LogP contribution < -0.4 is 4.90 Å². The molecule has 2 aromatic carbocycles. The molecule has 0 aliphatic carbocycles. The number of hydrogen-bond donors (Lipinski definition) is 0. The number of benzene rings is 2. The molecule has 0 saturated heterocycles. The zero-order valence-corrected chi connectivity index (χ0v) is 15.6. The number of nitrogens with zero attached hydrogens (tertiary/aromatic N) is 2. The molecule has 2 aromatic rings. The van der Waals surface area contributed by atoms with Crippen molar-refractivity contribution < 1.29 is 22.7 Å². The van der Waals surface area contributed by atoms with Gasteiger partial charge in [-0.1, -0.05) is 30.3 Å². The highest BCUT2D eigenvalue weighted by molar-refractivity contribution is 8.15. The molecule has 27 heavy (non-hydrogen) atoms. The van der Waals surface area contributed by atoms with Gasteiger partial charge >= 0.3 is 5.97 Å². The Labute approximate surface area is 160 Å². The summed E-state index contributed by atoms with van der Waals surface area (Å²) in [5.74, 6) is -0.930. The van der Waals surface area contributed by atoms with E-state index in [9.17, 15) is 18.0 Å². The number of rotatable bonds is 4. The highest BCUT2D eigenvalue weighted by Crippen LogP contribution is 2.42. The quantitative estimate of drug-likeness (QED) is 0.572. The average molecular weight is 402 g/mol. The Morgan fingerprint density at radius 3 is 2.67 bits per heavy atom. The summed E-state index contributed by atoms with van der Waals surface area (Å²) in [4.78, 5) is 26.9. The number of sulfonamides is 1. The molecule has 0 fully saturated rings. The van der Waals surface area contributed by atoms with Gasteiger partial charge in [0.1, 0.15) is 0 Å². The zero-order valence-electron chi connectivity index (χ0n) is 14.0. The molecule has 0 aromatic heterocycles. The highest BCUT2D eigenvalue weighted by Gasteiger charge is 2.33. The van der Waals surface area contributed by atoms with E-state index in [1.54, 1.807) is 48.5 Å². The normalized spacial score (nSPS) is 16.9. The van der Waals surface area contributed by atoms with Crippen LogP contribution in [0.2, 0.25) is 0 Å². The molecule has 2 aliphatic rings. The summed E-state index contributed by atoms with van der Waals surface area (Å²) in [6.07, 6.45) is 0. The number of esters is 1. The molecule has 0 amide bonds. The molecule has 7 nitrogen and oxygen atoms in total. The van der Waals surface area contributed by atoms with Crippen LogP contribution in [0.4, 0.5) is 5.69 Å². The van der Waals surface area contributed by atoms with Crippen LogP contribution in [0.3, 0.4) is 0 Å². The van der Waals surface area contributed by atoms with E-state index in [1.807, 2.05) is 4.90 Å². The molecule has 0 unspecified atom stereocenters. The lowest BCUT2D eigenvalue weighted by Gasteiger charge is -2.22. The number of ether oxygens (including phenoxy) is 1. The van der Waals surface area contributed by atoms with Crippen molar-refractivity contribution >= 4 is 44.4 Å². The Bertz CT molecular complexity index is 1060. The molecule has 0 N–H and O–H groups in total. The minimum absolute atomic E-state index is 0.0398. The summed E-state index contributed by atoms with van der Waals surface area (Å²) in [5, 5.41) is 0.390. The van der Waals surface area contributed by atoms with Gasteiger partial charge in [-0.3, -0.25) is 4.79 Å². The van der Waals surface area contributed by atoms with Crippen molar-refractivity contribution in [2.75, 3.05) is 23.8 Å². The van der Waals surface area contributed by atoms with Gasteiger partial charge in [0.2, 0.25) is 0 Å². The van der Waals surface area contributed by atoms with Gasteiger partial charge in [-0.15, -0.1) is 4.40 Å². The first kappa shape index (κ1) is 17.7. The average Bonchev–Trinajstić information content (AvgIpc) is 3.01. The van der Waals surface area contributed by atoms with E-state index in [1.165, 1.54) is 11.8 Å². The number of carbonyl (C=O) groups is 2. The van der Waals surface area contributed by atoms with Gasteiger partial charge in [-0.05, 0) is 30.0 Å². The van der Waals surface area contributed by atoms with Gasteiger partial charge in [-0.2, -0.15) is 0 Å². The lowest BCUT2D eigenvalue weighted by Crippen LogP contribution is -2.35. The smallest absolute Gasteiger partial charge is 0.338 e. The Morgan fingerprint density at radius 2 is 1.89 bits per heavy atom. The van der Waals surface area contributed by atoms with Crippen molar-refractivity contribution in [1.82, 2.24) is 0 Å². The number of Topliss-reactive ketones (excluding diaryl/α,β-unsaturated/α-hetero) is 1. The third kappa shape index (κ3) is 3.60. The first-order chi connectivity index (χ1) is 12.9. The molecule has 138 valence electrons. The van der Waals surface area contributed by atoms with Crippen LogP contribution >= 0.6 is 11.8 Å². The second kappa shape index (κ2) is 6.82. The summed E-state index contributed by atoms with van der Waals surface area (Å²) in [5.41, 5.74) is 1.59. The van der Waals surface area contributed by atoms with Gasteiger partial charge in [0.05, 0.1) is 17.0 Å².